The smallest absolute Gasteiger partial charge is 0.160 e. The highest BCUT2D eigenvalue weighted by atomic mass is 35.5. The molecular formula is C11H11ClN2. The summed E-state index contributed by atoms with van der Waals surface area (Å²) in [6, 6.07) is 5.76. The van der Waals surface area contributed by atoms with E-state index in [0.717, 1.165) is 16.7 Å². The van der Waals surface area contributed by atoms with E-state index < -0.39 is 0 Å². The van der Waals surface area contributed by atoms with Gasteiger partial charge in [0.2, 0.25) is 0 Å². The topological polar surface area (TPSA) is 25.8 Å². The predicted octanol–water partition coefficient (Wildman–Crippen LogP) is 3.41. The van der Waals surface area contributed by atoms with Crippen molar-refractivity contribution in [2.75, 3.05) is 0 Å². The number of hydrogen-bond acceptors (Lipinski definition) is 2. The molecule has 0 aromatic carbocycles. The van der Waals surface area contributed by atoms with Crippen LogP contribution < -0.4 is 0 Å². The molecule has 2 nitrogen and oxygen atoms in total. The van der Waals surface area contributed by atoms with Gasteiger partial charge >= 0.3 is 0 Å². The summed E-state index contributed by atoms with van der Waals surface area (Å²) in [5, 5.41) is 1.62. The molecule has 0 aliphatic carbocycles. The lowest BCUT2D eigenvalue weighted by atomic mass is 10.1. The third kappa shape index (κ3) is 1.58. The van der Waals surface area contributed by atoms with Crippen LogP contribution in [0, 0.1) is 0 Å². The van der Waals surface area contributed by atoms with Gasteiger partial charge in [0.25, 0.3) is 0 Å². The van der Waals surface area contributed by atoms with Gasteiger partial charge in [-0.2, -0.15) is 0 Å². The minimum absolute atomic E-state index is 0.417. The highest BCUT2D eigenvalue weighted by molar-refractivity contribution is 6.35. The summed E-state index contributed by atoms with van der Waals surface area (Å²) in [5.74, 6) is 0.417. The average molecular weight is 207 g/mol. The highest BCUT2D eigenvalue weighted by Gasteiger charge is 2.04. The molecule has 0 aliphatic rings. The fourth-order valence-electron chi connectivity index (χ4n) is 1.33. The number of fused-ring (bicyclic) bond motifs is 1. The molecule has 2 rings (SSSR count). The highest BCUT2D eigenvalue weighted by Crippen LogP contribution is 2.22. The second-order valence-corrected chi connectivity index (χ2v) is 3.96. The molecule has 0 N–H and O–H groups in total. The van der Waals surface area contributed by atoms with Crippen LogP contribution in [0.3, 0.4) is 0 Å². The third-order valence-corrected chi connectivity index (χ3v) is 2.49. The summed E-state index contributed by atoms with van der Waals surface area (Å²) in [6.45, 7) is 4.22. The van der Waals surface area contributed by atoms with Gasteiger partial charge in [-0.25, -0.2) is 9.97 Å². The Morgan fingerprint density at radius 1 is 1.21 bits per heavy atom. The zero-order valence-electron chi connectivity index (χ0n) is 8.16. The molecular weight excluding hydrogens is 196 g/mol. The molecule has 0 radical (unpaired) electrons. The van der Waals surface area contributed by atoms with Crippen LogP contribution in [0.2, 0.25) is 5.02 Å². The van der Waals surface area contributed by atoms with Crippen molar-refractivity contribution < 1.29 is 0 Å². The van der Waals surface area contributed by atoms with Gasteiger partial charge in [0.1, 0.15) is 0 Å². The van der Waals surface area contributed by atoms with Gasteiger partial charge in [-0.3, -0.25) is 0 Å². The first-order valence-corrected chi connectivity index (χ1v) is 4.97. The van der Waals surface area contributed by atoms with Gasteiger partial charge in [-0.1, -0.05) is 25.4 Å². The average Bonchev–Trinajstić information content (AvgIpc) is 2.17. The minimum atomic E-state index is 0.417. The van der Waals surface area contributed by atoms with Gasteiger partial charge < -0.3 is 0 Å². The Labute approximate surface area is 88.0 Å². The Kier molecular flexibility index (Phi) is 2.38. The molecule has 0 aliphatic heterocycles. The standard InChI is InChI=1S/C11H11ClN2/c1-7(2)10-4-3-8-9(12)5-6-13-11(8)14-10/h3-7H,1-2H3. The maximum Gasteiger partial charge on any atom is 0.160 e. The maximum atomic E-state index is 6.01. The number of pyridine rings is 2. The normalized spacial score (nSPS) is 11.1. The van der Waals surface area contributed by atoms with Crippen LogP contribution in [0.15, 0.2) is 24.4 Å². The van der Waals surface area contributed by atoms with Crippen molar-refractivity contribution in [3.63, 3.8) is 0 Å². The van der Waals surface area contributed by atoms with Crippen LogP contribution in [-0.2, 0) is 0 Å². The SMILES string of the molecule is CC(C)c1ccc2c(Cl)ccnc2n1. The van der Waals surface area contributed by atoms with Crippen LogP contribution in [-0.4, -0.2) is 9.97 Å². The zero-order chi connectivity index (χ0) is 10.1. The fraction of sp³-hybridized carbons (Fsp3) is 0.273. The Morgan fingerprint density at radius 3 is 2.71 bits per heavy atom. The number of aromatic nitrogens is 2. The largest absolute Gasteiger partial charge is 0.237 e. The van der Waals surface area contributed by atoms with E-state index >= 15 is 0 Å². The molecule has 0 atom stereocenters. The first-order valence-electron chi connectivity index (χ1n) is 4.59. The van der Waals surface area contributed by atoms with Gasteiger partial charge in [0.15, 0.2) is 5.65 Å². The van der Waals surface area contributed by atoms with Gasteiger partial charge in [-0.05, 0) is 24.1 Å². The summed E-state index contributed by atoms with van der Waals surface area (Å²) in [5.41, 5.74) is 1.77. The number of halogens is 1. The Balaban J connectivity index is 2.67. The second kappa shape index (κ2) is 3.54. The summed E-state index contributed by atoms with van der Waals surface area (Å²) in [4.78, 5) is 8.63. The molecule has 3 heteroatoms. The first kappa shape index (κ1) is 9.41. The molecule has 0 bridgehead atoms. The molecule has 0 saturated carbocycles. The maximum absolute atomic E-state index is 6.01. The molecule has 0 amide bonds. The minimum Gasteiger partial charge on any atom is -0.237 e. The molecule has 2 aromatic heterocycles. The monoisotopic (exact) mass is 206 g/mol. The van der Waals surface area contributed by atoms with Crippen molar-refractivity contribution in [3.05, 3.63) is 35.1 Å². The first-order chi connectivity index (χ1) is 6.68. The molecule has 0 unspecified atom stereocenters. The Bertz CT molecular complexity index is 466. The summed E-state index contributed by atoms with van der Waals surface area (Å²) in [6.07, 6.45) is 1.68. The Morgan fingerprint density at radius 2 is 2.00 bits per heavy atom. The van der Waals surface area contributed by atoms with E-state index in [4.69, 9.17) is 11.6 Å². The molecule has 2 aromatic rings. The van der Waals surface area contributed by atoms with Crippen molar-refractivity contribution in [1.82, 2.24) is 9.97 Å². The number of nitrogens with zero attached hydrogens (tertiary/aromatic N) is 2. The van der Waals surface area contributed by atoms with E-state index in [-0.39, 0.29) is 0 Å². The zero-order valence-corrected chi connectivity index (χ0v) is 8.92. The lowest BCUT2D eigenvalue weighted by Crippen LogP contribution is -1.94. The van der Waals surface area contributed by atoms with Crippen molar-refractivity contribution in [1.29, 1.82) is 0 Å². The summed E-state index contributed by atoms with van der Waals surface area (Å²) < 4.78 is 0. The lowest BCUT2D eigenvalue weighted by Gasteiger charge is -2.05. The molecule has 0 saturated heterocycles. The van der Waals surface area contributed by atoms with E-state index in [1.165, 1.54) is 0 Å². The van der Waals surface area contributed by atoms with Crippen LogP contribution in [0.4, 0.5) is 0 Å². The Hall–Kier alpha value is -1.15. The molecule has 72 valence electrons. The van der Waals surface area contributed by atoms with E-state index in [1.54, 1.807) is 12.3 Å². The van der Waals surface area contributed by atoms with Crippen LogP contribution in [0.25, 0.3) is 11.0 Å². The van der Waals surface area contributed by atoms with Gasteiger partial charge in [-0.15, -0.1) is 0 Å². The van der Waals surface area contributed by atoms with Crippen LogP contribution in [0.1, 0.15) is 25.5 Å². The van der Waals surface area contributed by atoms with Crippen molar-refractivity contribution in [2.45, 2.75) is 19.8 Å². The van der Waals surface area contributed by atoms with Crippen LogP contribution in [0.5, 0.6) is 0 Å². The van der Waals surface area contributed by atoms with Crippen molar-refractivity contribution in [2.24, 2.45) is 0 Å². The van der Waals surface area contributed by atoms with E-state index in [0.29, 0.717) is 10.9 Å². The lowest BCUT2D eigenvalue weighted by molar-refractivity contribution is 0.828. The molecule has 2 heterocycles. The quantitative estimate of drug-likeness (QED) is 0.715. The van der Waals surface area contributed by atoms with Crippen molar-refractivity contribution >= 4 is 22.6 Å². The summed E-state index contributed by atoms with van der Waals surface area (Å²) >= 11 is 6.01. The van der Waals surface area contributed by atoms with Gasteiger partial charge in [0.05, 0.1) is 5.02 Å². The third-order valence-electron chi connectivity index (χ3n) is 2.16. The summed E-state index contributed by atoms with van der Waals surface area (Å²) in [7, 11) is 0. The van der Waals surface area contributed by atoms with E-state index in [9.17, 15) is 0 Å². The van der Waals surface area contributed by atoms with E-state index in [2.05, 4.69) is 23.8 Å². The predicted molar refractivity (Wildman–Crippen MR) is 58.6 cm³/mol. The second-order valence-electron chi connectivity index (χ2n) is 3.55. The fourth-order valence-corrected chi connectivity index (χ4v) is 1.54. The number of hydrogen-bond donors (Lipinski definition) is 0. The van der Waals surface area contributed by atoms with E-state index in [1.807, 2.05) is 12.1 Å². The van der Waals surface area contributed by atoms with Crippen LogP contribution >= 0.6 is 11.6 Å². The van der Waals surface area contributed by atoms with Crippen molar-refractivity contribution in [3.8, 4) is 0 Å². The number of rotatable bonds is 1. The molecule has 14 heavy (non-hydrogen) atoms. The molecule has 0 fully saturated rings. The molecule has 0 spiro atoms. The van der Waals surface area contributed by atoms with Gasteiger partial charge in [0, 0.05) is 17.3 Å².